The predicted octanol–water partition coefficient (Wildman–Crippen LogP) is 4.00. The first-order chi connectivity index (χ1) is 13.2. The number of furan rings is 1. The summed E-state index contributed by atoms with van der Waals surface area (Å²) >= 11 is 0. The van der Waals surface area contributed by atoms with Crippen LogP contribution in [0, 0.1) is 12.5 Å². The van der Waals surface area contributed by atoms with Gasteiger partial charge in [-0.15, -0.1) is 0 Å². The van der Waals surface area contributed by atoms with Crippen molar-refractivity contribution in [2.24, 2.45) is 11.0 Å². The SMILES string of the molecule is [C-]#[N+]C1(c2ccc(OC)c3oc4ccccc4c23)CCC2=NNC(=O)C2C1. The Labute approximate surface area is 155 Å². The Hall–Kier alpha value is -3.33. The molecule has 2 unspecified atom stereocenters. The average Bonchev–Trinajstić information content (AvgIpc) is 3.28. The van der Waals surface area contributed by atoms with E-state index < -0.39 is 5.54 Å². The number of fused-ring (bicyclic) bond motifs is 4. The zero-order valence-electron chi connectivity index (χ0n) is 14.8. The maximum Gasteiger partial charge on any atom is 0.259 e. The smallest absolute Gasteiger partial charge is 0.259 e. The van der Waals surface area contributed by atoms with Crippen LogP contribution in [0.4, 0.5) is 0 Å². The van der Waals surface area contributed by atoms with Crippen LogP contribution in [0.2, 0.25) is 0 Å². The number of rotatable bonds is 2. The molecule has 1 N–H and O–H groups in total. The third kappa shape index (κ3) is 2.12. The van der Waals surface area contributed by atoms with Crippen LogP contribution < -0.4 is 10.2 Å². The fourth-order valence-corrected chi connectivity index (χ4v) is 4.41. The monoisotopic (exact) mass is 359 g/mol. The van der Waals surface area contributed by atoms with Crippen molar-refractivity contribution in [1.29, 1.82) is 0 Å². The molecule has 1 aliphatic heterocycles. The number of hydrazone groups is 1. The van der Waals surface area contributed by atoms with Gasteiger partial charge in [-0.3, -0.25) is 4.79 Å². The van der Waals surface area contributed by atoms with Gasteiger partial charge in [0.2, 0.25) is 5.91 Å². The number of amides is 1. The van der Waals surface area contributed by atoms with E-state index in [0.29, 0.717) is 30.6 Å². The minimum Gasteiger partial charge on any atom is -0.493 e. The number of carbonyl (C=O) groups is 1. The van der Waals surface area contributed by atoms with Crippen LogP contribution >= 0.6 is 0 Å². The number of carbonyl (C=O) groups excluding carboxylic acids is 1. The zero-order chi connectivity index (χ0) is 18.6. The minimum absolute atomic E-state index is 0.112. The second kappa shape index (κ2) is 5.58. The normalized spacial score (nSPS) is 24.4. The van der Waals surface area contributed by atoms with Gasteiger partial charge in [-0.2, -0.15) is 5.10 Å². The fraction of sp³-hybridized carbons (Fsp3) is 0.286. The number of hydrogen-bond acceptors (Lipinski definition) is 4. The quantitative estimate of drug-likeness (QED) is 0.703. The highest BCUT2D eigenvalue weighted by atomic mass is 16.5. The van der Waals surface area contributed by atoms with Crippen molar-refractivity contribution in [3.05, 3.63) is 53.4 Å². The molecule has 134 valence electrons. The van der Waals surface area contributed by atoms with Crippen LogP contribution in [0.5, 0.6) is 5.75 Å². The molecule has 2 aromatic carbocycles. The molecule has 1 aromatic heterocycles. The molecule has 6 nitrogen and oxygen atoms in total. The first kappa shape index (κ1) is 15.9. The van der Waals surface area contributed by atoms with Crippen molar-refractivity contribution < 1.29 is 13.9 Å². The molecular weight excluding hydrogens is 342 g/mol. The van der Waals surface area contributed by atoms with Gasteiger partial charge in [0.25, 0.3) is 5.54 Å². The highest BCUT2D eigenvalue weighted by Gasteiger charge is 2.51. The van der Waals surface area contributed by atoms with Gasteiger partial charge in [-0.1, -0.05) is 18.2 Å². The van der Waals surface area contributed by atoms with Crippen LogP contribution in [0.15, 0.2) is 45.9 Å². The summed E-state index contributed by atoms with van der Waals surface area (Å²) in [5, 5.41) is 6.00. The summed E-state index contributed by atoms with van der Waals surface area (Å²) in [6.07, 6.45) is 1.69. The van der Waals surface area contributed by atoms with Gasteiger partial charge < -0.3 is 14.0 Å². The van der Waals surface area contributed by atoms with Crippen LogP contribution in [-0.2, 0) is 10.3 Å². The largest absolute Gasteiger partial charge is 0.493 e. The van der Waals surface area contributed by atoms with E-state index in [1.54, 1.807) is 7.11 Å². The van der Waals surface area contributed by atoms with E-state index >= 15 is 0 Å². The molecule has 1 saturated carbocycles. The molecule has 1 amide bonds. The van der Waals surface area contributed by atoms with Crippen molar-refractivity contribution in [3.63, 3.8) is 0 Å². The Morgan fingerprint density at radius 1 is 1.33 bits per heavy atom. The lowest BCUT2D eigenvalue weighted by Crippen LogP contribution is -2.37. The molecule has 2 atom stereocenters. The lowest BCUT2D eigenvalue weighted by Gasteiger charge is -2.30. The van der Waals surface area contributed by atoms with E-state index in [0.717, 1.165) is 27.6 Å². The van der Waals surface area contributed by atoms with Crippen molar-refractivity contribution in [1.82, 2.24) is 5.43 Å². The number of nitrogens with one attached hydrogen (secondary N) is 1. The second-order valence-corrected chi connectivity index (χ2v) is 7.10. The zero-order valence-corrected chi connectivity index (χ0v) is 14.8. The summed E-state index contributed by atoms with van der Waals surface area (Å²) in [4.78, 5) is 16.3. The van der Waals surface area contributed by atoms with E-state index in [-0.39, 0.29) is 11.8 Å². The molecule has 0 saturated heterocycles. The first-order valence-corrected chi connectivity index (χ1v) is 8.90. The summed E-state index contributed by atoms with van der Waals surface area (Å²) in [7, 11) is 1.61. The maximum absolute atomic E-state index is 12.2. The summed E-state index contributed by atoms with van der Waals surface area (Å²) in [6.45, 7) is 8.03. The van der Waals surface area contributed by atoms with E-state index in [9.17, 15) is 4.79 Å². The molecule has 2 aliphatic rings. The molecule has 3 aromatic rings. The van der Waals surface area contributed by atoms with Crippen LogP contribution in [0.1, 0.15) is 24.8 Å². The van der Waals surface area contributed by atoms with Crippen molar-refractivity contribution in [2.45, 2.75) is 24.8 Å². The molecule has 27 heavy (non-hydrogen) atoms. The van der Waals surface area contributed by atoms with Gasteiger partial charge in [0.1, 0.15) is 5.58 Å². The number of benzene rings is 2. The van der Waals surface area contributed by atoms with E-state index in [1.165, 1.54) is 0 Å². The molecule has 5 rings (SSSR count). The number of ether oxygens (including phenoxy) is 1. The summed E-state index contributed by atoms with van der Waals surface area (Å²) < 4.78 is 11.6. The van der Waals surface area contributed by atoms with Gasteiger partial charge in [0, 0.05) is 29.2 Å². The maximum atomic E-state index is 12.2. The Kier molecular flexibility index (Phi) is 3.28. The number of methoxy groups -OCH3 is 1. The molecule has 0 bridgehead atoms. The molecule has 0 spiro atoms. The lowest BCUT2D eigenvalue weighted by molar-refractivity contribution is -0.122. The molecule has 2 heterocycles. The Morgan fingerprint density at radius 2 is 2.19 bits per heavy atom. The third-order valence-electron chi connectivity index (χ3n) is 5.79. The van der Waals surface area contributed by atoms with Crippen LogP contribution in [-0.4, -0.2) is 18.7 Å². The van der Waals surface area contributed by atoms with E-state index in [2.05, 4.69) is 15.4 Å². The highest BCUT2D eigenvalue weighted by Crippen LogP contribution is 2.49. The Morgan fingerprint density at radius 3 is 3.00 bits per heavy atom. The van der Waals surface area contributed by atoms with Gasteiger partial charge in [0.15, 0.2) is 11.3 Å². The minimum atomic E-state index is -0.789. The van der Waals surface area contributed by atoms with E-state index in [4.69, 9.17) is 15.7 Å². The Bertz CT molecular complexity index is 1170. The van der Waals surface area contributed by atoms with Gasteiger partial charge in [-0.05, 0) is 24.6 Å². The van der Waals surface area contributed by atoms with Gasteiger partial charge in [-0.25, -0.2) is 12.0 Å². The predicted molar refractivity (Wildman–Crippen MR) is 101 cm³/mol. The Balaban J connectivity index is 1.78. The van der Waals surface area contributed by atoms with Crippen LogP contribution in [0.3, 0.4) is 0 Å². The second-order valence-electron chi connectivity index (χ2n) is 7.10. The number of para-hydroxylation sites is 1. The third-order valence-corrected chi connectivity index (χ3v) is 5.79. The summed E-state index contributed by atoms with van der Waals surface area (Å²) in [6, 6.07) is 11.6. The van der Waals surface area contributed by atoms with E-state index in [1.807, 2.05) is 36.4 Å². The summed E-state index contributed by atoms with van der Waals surface area (Å²) in [5.74, 6) is 0.199. The van der Waals surface area contributed by atoms with Crippen molar-refractivity contribution in [2.75, 3.05) is 7.11 Å². The summed E-state index contributed by atoms with van der Waals surface area (Å²) in [5.41, 5.74) is 4.94. The topological polar surface area (TPSA) is 68.2 Å². The standard InChI is InChI=1S/C21H17N3O3/c1-22-21(10-9-15-13(11-21)20(25)24-23-15)14-7-8-17(26-2)19-18(14)12-5-3-4-6-16(12)27-19/h3-8,13H,9-11H2,2H3,(H,24,25). The first-order valence-electron chi connectivity index (χ1n) is 8.90. The molecule has 6 heteroatoms. The number of hydrogen-bond donors (Lipinski definition) is 1. The number of nitrogens with zero attached hydrogens (tertiary/aromatic N) is 2. The molecule has 1 fully saturated rings. The van der Waals surface area contributed by atoms with Gasteiger partial charge in [0.05, 0.1) is 18.7 Å². The molecule has 0 radical (unpaired) electrons. The molecule has 1 aliphatic carbocycles. The van der Waals surface area contributed by atoms with Crippen molar-refractivity contribution >= 4 is 33.6 Å². The highest BCUT2D eigenvalue weighted by molar-refractivity contribution is 6.11. The lowest BCUT2D eigenvalue weighted by atomic mass is 9.70. The average molecular weight is 359 g/mol. The van der Waals surface area contributed by atoms with Gasteiger partial charge >= 0.3 is 0 Å². The van der Waals surface area contributed by atoms with Crippen molar-refractivity contribution in [3.8, 4) is 5.75 Å². The van der Waals surface area contributed by atoms with Crippen LogP contribution in [0.25, 0.3) is 26.8 Å². The molecular formula is C21H17N3O3. The fourth-order valence-electron chi connectivity index (χ4n) is 4.41.